The van der Waals surface area contributed by atoms with E-state index in [4.69, 9.17) is 4.74 Å². The van der Waals surface area contributed by atoms with Crippen LogP contribution in [0.25, 0.3) is 0 Å². The lowest BCUT2D eigenvalue weighted by Crippen LogP contribution is -2.55. The van der Waals surface area contributed by atoms with Crippen LogP contribution in [0.5, 0.6) is 0 Å². The SMILES string of the molecule is CC.CC(C)N1CCN(C(=O)N2CCOCC2)CC1. The predicted molar refractivity (Wildman–Crippen MR) is 77.4 cm³/mol. The third kappa shape index (κ3) is 4.66. The van der Waals surface area contributed by atoms with Crippen molar-refractivity contribution < 1.29 is 9.53 Å². The summed E-state index contributed by atoms with van der Waals surface area (Å²) in [6.45, 7) is 14.9. The third-order valence-electron chi connectivity index (χ3n) is 3.60. The first-order chi connectivity index (χ1) is 9.18. The molecule has 2 saturated heterocycles. The molecule has 5 heteroatoms. The second kappa shape index (κ2) is 8.38. The maximum Gasteiger partial charge on any atom is 0.320 e. The summed E-state index contributed by atoms with van der Waals surface area (Å²) in [5, 5.41) is 0. The van der Waals surface area contributed by atoms with Gasteiger partial charge in [0.2, 0.25) is 0 Å². The van der Waals surface area contributed by atoms with Crippen LogP contribution in [0, 0.1) is 0 Å². The number of rotatable bonds is 1. The molecular formula is C14H29N3O2. The van der Waals surface area contributed by atoms with Gasteiger partial charge in [0.05, 0.1) is 13.2 Å². The molecule has 19 heavy (non-hydrogen) atoms. The highest BCUT2D eigenvalue weighted by Crippen LogP contribution is 2.09. The summed E-state index contributed by atoms with van der Waals surface area (Å²) in [5.41, 5.74) is 0. The molecule has 0 aliphatic carbocycles. The van der Waals surface area contributed by atoms with Crippen molar-refractivity contribution in [3.05, 3.63) is 0 Å². The van der Waals surface area contributed by atoms with Gasteiger partial charge in [-0.25, -0.2) is 4.79 Å². The van der Waals surface area contributed by atoms with E-state index < -0.39 is 0 Å². The molecule has 0 atom stereocenters. The van der Waals surface area contributed by atoms with Gasteiger partial charge in [-0.05, 0) is 13.8 Å². The van der Waals surface area contributed by atoms with Gasteiger partial charge >= 0.3 is 6.03 Å². The van der Waals surface area contributed by atoms with Crippen molar-refractivity contribution in [2.24, 2.45) is 0 Å². The van der Waals surface area contributed by atoms with Crippen molar-refractivity contribution in [2.75, 3.05) is 52.5 Å². The summed E-state index contributed by atoms with van der Waals surface area (Å²) in [4.78, 5) is 18.5. The highest BCUT2D eigenvalue weighted by molar-refractivity contribution is 5.74. The molecule has 0 aromatic rings. The normalized spacial score (nSPS) is 21.1. The van der Waals surface area contributed by atoms with Gasteiger partial charge in [0.15, 0.2) is 0 Å². The third-order valence-corrected chi connectivity index (χ3v) is 3.60. The number of carbonyl (C=O) groups excluding carboxylic acids is 1. The first-order valence-electron chi connectivity index (χ1n) is 7.54. The lowest BCUT2D eigenvalue weighted by molar-refractivity contribution is 0.0359. The van der Waals surface area contributed by atoms with Gasteiger partial charge in [0, 0.05) is 45.3 Å². The largest absolute Gasteiger partial charge is 0.378 e. The Morgan fingerprint density at radius 3 is 1.84 bits per heavy atom. The zero-order valence-corrected chi connectivity index (χ0v) is 12.9. The number of hydrogen-bond donors (Lipinski definition) is 0. The Morgan fingerprint density at radius 2 is 1.37 bits per heavy atom. The van der Waals surface area contributed by atoms with Gasteiger partial charge in [0.1, 0.15) is 0 Å². The van der Waals surface area contributed by atoms with E-state index in [2.05, 4.69) is 18.7 Å². The molecule has 2 heterocycles. The van der Waals surface area contributed by atoms with Crippen molar-refractivity contribution in [3.8, 4) is 0 Å². The quantitative estimate of drug-likeness (QED) is 0.725. The van der Waals surface area contributed by atoms with Crippen LogP contribution in [-0.2, 0) is 4.74 Å². The van der Waals surface area contributed by atoms with Crippen molar-refractivity contribution in [1.29, 1.82) is 0 Å². The fraction of sp³-hybridized carbons (Fsp3) is 0.929. The molecule has 0 aromatic heterocycles. The fourth-order valence-corrected chi connectivity index (χ4v) is 2.38. The molecule has 2 aliphatic rings. The van der Waals surface area contributed by atoms with E-state index in [0.29, 0.717) is 19.3 Å². The van der Waals surface area contributed by atoms with Gasteiger partial charge in [0.25, 0.3) is 0 Å². The average molecular weight is 271 g/mol. The minimum Gasteiger partial charge on any atom is -0.378 e. The average Bonchev–Trinajstić information content (AvgIpc) is 2.49. The van der Waals surface area contributed by atoms with Crippen LogP contribution in [0.2, 0.25) is 0 Å². The maximum atomic E-state index is 12.2. The van der Waals surface area contributed by atoms with Crippen molar-refractivity contribution in [3.63, 3.8) is 0 Å². The summed E-state index contributed by atoms with van der Waals surface area (Å²) in [5.74, 6) is 0. The number of morpholine rings is 1. The first kappa shape index (κ1) is 16.2. The van der Waals surface area contributed by atoms with E-state index in [0.717, 1.165) is 39.3 Å². The van der Waals surface area contributed by atoms with Crippen molar-refractivity contribution in [1.82, 2.24) is 14.7 Å². The standard InChI is InChI=1S/C12H23N3O2.C2H6/c1-11(2)13-3-5-14(6-4-13)12(16)15-7-9-17-10-8-15;1-2/h11H,3-10H2,1-2H3;1-2H3. The number of nitrogens with zero attached hydrogens (tertiary/aromatic N) is 3. The number of urea groups is 1. The minimum atomic E-state index is 0.191. The van der Waals surface area contributed by atoms with Gasteiger partial charge in [-0.3, -0.25) is 4.90 Å². The number of piperazine rings is 1. The van der Waals surface area contributed by atoms with E-state index in [1.165, 1.54) is 0 Å². The minimum absolute atomic E-state index is 0.191. The van der Waals surface area contributed by atoms with E-state index in [-0.39, 0.29) is 6.03 Å². The molecule has 0 spiro atoms. The summed E-state index contributed by atoms with van der Waals surface area (Å²) in [6, 6.07) is 0.771. The summed E-state index contributed by atoms with van der Waals surface area (Å²) in [7, 11) is 0. The van der Waals surface area contributed by atoms with E-state index in [1.54, 1.807) is 0 Å². The van der Waals surface area contributed by atoms with Crippen LogP contribution in [0.15, 0.2) is 0 Å². The second-order valence-corrected chi connectivity index (χ2v) is 5.00. The zero-order chi connectivity index (χ0) is 14.3. The topological polar surface area (TPSA) is 36.0 Å². The van der Waals surface area contributed by atoms with Crippen LogP contribution in [0.4, 0.5) is 4.79 Å². The fourth-order valence-electron chi connectivity index (χ4n) is 2.38. The Labute approximate surface area is 117 Å². The monoisotopic (exact) mass is 271 g/mol. The Bertz CT molecular complexity index is 257. The molecule has 2 aliphatic heterocycles. The number of hydrogen-bond acceptors (Lipinski definition) is 3. The van der Waals surface area contributed by atoms with Crippen LogP contribution < -0.4 is 0 Å². The van der Waals surface area contributed by atoms with Crippen molar-refractivity contribution >= 4 is 6.03 Å². The van der Waals surface area contributed by atoms with Crippen LogP contribution in [0.1, 0.15) is 27.7 Å². The Balaban J connectivity index is 0.000000861. The molecule has 0 saturated carbocycles. The molecule has 0 aromatic carbocycles. The Morgan fingerprint density at radius 1 is 0.895 bits per heavy atom. The smallest absolute Gasteiger partial charge is 0.320 e. The van der Waals surface area contributed by atoms with E-state index >= 15 is 0 Å². The van der Waals surface area contributed by atoms with Gasteiger partial charge < -0.3 is 14.5 Å². The molecule has 2 fully saturated rings. The molecule has 0 N–H and O–H groups in total. The van der Waals surface area contributed by atoms with Gasteiger partial charge in [-0.1, -0.05) is 13.8 Å². The summed E-state index contributed by atoms with van der Waals surface area (Å²) in [6.07, 6.45) is 0. The maximum absolute atomic E-state index is 12.2. The van der Waals surface area contributed by atoms with Crippen LogP contribution in [-0.4, -0.2) is 79.3 Å². The molecule has 2 amide bonds. The number of carbonyl (C=O) groups is 1. The molecular weight excluding hydrogens is 242 g/mol. The Hall–Kier alpha value is -0.810. The molecule has 0 bridgehead atoms. The lowest BCUT2D eigenvalue weighted by Gasteiger charge is -2.39. The highest BCUT2D eigenvalue weighted by atomic mass is 16.5. The van der Waals surface area contributed by atoms with Crippen molar-refractivity contribution in [2.45, 2.75) is 33.7 Å². The molecule has 112 valence electrons. The lowest BCUT2D eigenvalue weighted by atomic mass is 10.2. The van der Waals surface area contributed by atoms with Gasteiger partial charge in [-0.2, -0.15) is 0 Å². The highest BCUT2D eigenvalue weighted by Gasteiger charge is 2.26. The predicted octanol–water partition coefficient (Wildman–Crippen LogP) is 1.49. The number of amides is 2. The molecule has 0 radical (unpaired) electrons. The van der Waals surface area contributed by atoms with Crippen LogP contribution in [0.3, 0.4) is 0 Å². The molecule has 0 unspecified atom stereocenters. The summed E-state index contributed by atoms with van der Waals surface area (Å²) >= 11 is 0. The second-order valence-electron chi connectivity index (χ2n) is 5.00. The van der Waals surface area contributed by atoms with E-state index in [1.807, 2.05) is 23.6 Å². The van der Waals surface area contributed by atoms with E-state index in [9.17, 15) is 4.79 Å². The summed E-state index contributed by atoms with van der Waals surface area (Å²) < 4.78 is 5.27. The zero-order valence-electron chi connectivity index (χ0n) is 12.9. The molecule has 2 rings (SSSR count). The van der Waals surface area contributed by atoms with Gasteiger partial charge in [-0.15, -0.1) is 0 Å². The molecule has 5 nitrogen and oxygen atoms in total. The first-order valence-corrected chi connectivity index (χ1v) is 7.54. The van der Waals surface area contributed by atoms with Crippen LogP contribution >= 0.6 is 0 Å². The number of ether oxygens (including phenoxy) is 1. The Kier molecular flexibility index (Phi) is 7.16.